The van der Waals surface area contributed by atoms with Crippen LogP contribution in [-0.2, 0) is 23.9 Å². The Bertz CT molecular complexity index is 848. The number of esters is 2. The molecule has 0 saturated carbocycles. The average molecular weight is 508 g/mol. The maximum absolute atomic E-state index is 13.8. The van der Waals surface area contributed by atoms with Gasteiger partial charge < -0.3 is 14.4 Å². The Kier molecular flexibility index (Phi) is 10.6. The molecule has 6 nitrogen and oxygen atoms in total. The summed E-state index contributed by atoms with van der Waals surface area (Å²) in [4.78, 5) is 43.1. The van der Waals surface area contributed by atoms with Crippen molar-refractivity contribution >= 4 is 25.9 Å². The van der Waals surface area contributed by atoms with Gasteiger partial charge in [0, 0.05) is 19.0 Å². The van der Waals surface area contributed by atoms with E-state index >= 15 is 0 Å². The van der Waals surface area contributed by atoms with E-state index in [4.69, 9.17) is 9.47 Å². The first kappa shape index (κ1) is 31.1. The molecule has 0 saturated heterocycles. The third-order valence-corrected chi connectivity index (χ3v) is 7.98. The molecule has 0 aliphatic heterocycles. The monoisotopic (exact) mass is 507 g/mol. The van der Waals surface area contributed by atoms with Crippen molar-refractivity contribution in [3.05, 3.63) is 22.4 Å². The van der Waals surface area contributed by atoms with Gasteiger partial charge in [-0.05, 0) is 67.0 Å². The molecule has 0 N–H and O–H groups in total. The molecule has 1 aliphatic carbocycles. The molecule has 1 rings (SSSR count). The van der Waals surface area contributed by atoms with Crippen molar-refractivity contribution in [3.8, 4) is 0 Å². The number of carbonyl (C=O) groups excluding carboxylic acids is 3. The van der Waals surface area contributed by atoms with Gasteiger partial charge in [-0.15, -0.1) is 0 Å². The van der Waals surface area contributed by atoms with Crippen LogP contribution in [0.3, 0.4) is 0 Å². The molecule has 1 amide bonds. The lowest BCUT2D eigenvalue weighted by Gasteiger charge is -2.39. The Labute approximate surface area is 214 Å². The molecule has 2 atom stereocenters. The summed E-state index contributed by atoms with van der Waals surface area (Å²) in [6.07, 6.45) is 4.35. The number of ether oxygens (including phenoxy) is 2. The maximum atomic E-state index is 13.8. The van der Waals surface area contributed by atoms with Gasteiger partial charge in [-0.1, -0.05) is 45.5 Å². The van der Waals surface area contributed by atoms with E-state index in [0.717, 1.165) is 18.0 Å². The van der Waals surface area contributed by atoms with Gasteiger partial charge in [0.05, 0.1) is 25.1 Å². The van der Waals surface area contributed by atoms with Crippen molar-refractivity contribution in [1.82, 2.24) is 4.90 Å². The molecule has 0 aromatic heterocycles. The van der Waals surface area contributed by atoms with Gasteiger partial charge in [-0.3, -0.25) is 4.79 Å². The van der Waals surface area contributed by atoms with Crippen molar-refractivity contribution in [2.75, 3.05) is 13.1 Å². The predicted octanol–water partition coefficient (Wildman–Crippen LogP) is 6.07. The molecule has 35 heavy (non-hydrogen) atoms. The van der Waals surface area contributed by atoms with Crippen molar-refractivity contribution in [2.24, 2.45) is 11.8 Å². The number of amides is 1. The van der Waals surface area contributed by atoms with Crippen LogP contribution in [-0.4, -0.2) is 55.1 Å². The van der Waals surface area contributed by atoms with Gasteiger partial charge in [0.2, 0.25) is 5.91 Å². The van der Waals surface area contributed by atoms with Crippen molar-refractivity contribution in [1.29, 1.82) is 0 Å². The van der Waals surface area contributed by atoms with Crippen LogP contribution < -0.4 is 0 Å². The molecular formula is C28H49NO5Si. The molecule has 0 aromatic carbocycles. The Hall–Kier alpha value is -1.89. The third kappa shape index (κ3) is 8.62. The second-order valence-electron chi connectivity index (χ2n) is 12.4. The third-order valence-electron chi connectivity index (χ3n) is 5.95. The van der Waals surface area contributed by atoms with Crippen LogP contribution in [0.4, 0.5) is 0 Å². The smallest absolute Gasteiger partial charge is 0.339 e. The molecule has 0 bridgehead atoms. The number of carbonyl (C=O) groups is 3. The number of unbranched alkanes of at least 4 members (excludes halogenated alkanes) is 1. The van der Waals surface area contributed by atoms with Gasteiger partial charge >= 0.3 is 11.9 Å². The molecular weight excluding hydrogens is 458 g/mol. The fourth-order valence-corrected chi connectivity index (χ4v) is 6.05. The average Bonchev–Trinajstić information content (AvgIpc) is 2.68. The summed E-state index contributed by atoms with van der Waals surface area (Å²) in [6, 6.07) is 0. The number of hydrogen-bond donors (Lipinski definition) is 0. The second-order valence-corrected chi connectivity index (χ2v) is 17.4. The van der Waals surface area contributed by atoms with Crippen LogP contribution in [0.5, 0.6) is 0 Å². The highest BCUT2D eigenvalue weighted by Crippen LogP contribution is 2.43. The Morgan fingerprint density at radius 2 is 1.37 bits per heavy atom. The van der Waals surface area contributed by atoms with E-state index in [2.05, 4.69) is 26.6 Å². The number of hydrogen-bond acceptors (Lipinski definition) is 5. The van der Waals surface area contributed by atoms with E-state index in [9.17, 15) is 14.4 Å². The van der Waals surface area contributed by atoms with Crippen LogP contribution in [0.15, 0.2) is 22.4 Å². The first-order chi connectivity index (χ1) is 15.9. The zero-order chi connectivity index (χ0) is 27.4. The summed E-state index contributed by atoms with van der Waals surface area (Å²) in [5.41, 5.74) is -0.830. The highest BCUT2D eigenvalue weighted by molar-refractivity contribution is 6.84. The summed E-state index contributed by atoms with van der Waals surface area (Å²) in [5.74, 6) is -2.00. The Balaban J connectivity index is 3.99. The normalized spacial score (nSPS) is 19.3. The van der Waals surface area contributed by atoms with E-state index in [1.807, 2.05) is 66.4 Å². The van der Waals surface area contributed by atoms with Crippen molar-refractivity contribution in [2.45, 2.75) is 112 Å². The quantitative estimate of drug-likeness (QED) is 0.279. The molecule has 0 fully saturated rings. The molecule has 0 spiro atoms. The highest BCUT2D eigenvalue weighted by Gasteiger charge is 2.46. The van der Waals surface area contributed by atoms with Crippen LogP contribution >= 0.6 is 0 Å². The Morgan fingerprint density at radius 3 is 1.77 bits per heavy atom. The largest absolute Gasteiger partial charge is 0.457 e. The van der Waals surface area contributed by atoms with E-state index in [0.29, 0.717) is 30.7 Å². The molecule has 200 valence electrons. The molecule has 0 unspecified atom stereocenters. The van der Waals surface area contributed by atoms with Crippen LogP contribution in [0.25, 0.3) is 0 Å². The van der Waals surface area contributed by atoms with Gasteiger partial charge in [0.15, 0.2) is 0 Å². The first-order valence-electron chi connectivity index (χ1n) is 13.1. The van der Waals surface area contributed by atoms with E-state index in [1.54, 1.807) is 0 Å². The summed E-state index contributed by atoms with van der Waals surface area (Å²) >= 11 is 0. The van der Waals surface area contributed by atoms with Crippen molar-refractivity contribution in [3.63, 3.8) is 0 Å². The van der Waals surface area contributed by atoms with Gasteiger partial charge in [0.1, 0.15) is 11.2 Å². The van der Waals surface area contributed by atoms with E-state index < -0.39 is 43.1 Å². The summed E-state index contributed by atoms with van der Waals surface area (Å²) in [6.45, 7) is 24.5. The fraction of sp³-hybridized carbons (Fsp3) is 0.750. The minimum absolute atomic E-state index is 0.00356. The zero-order valence-corrected chi connectivity index (χ0v) is 25.3. The lowest BCUT2D eigenvalue weighted by atomic mass is 9.75. The van der Waals surface area contributed by atoms with Crippen molar-refractivity contribution < 1.29 is 23.9 Å². The minimum Gasteiger partial charge on any atom is -0.457 e. The van der Waals surface area contributed by atoms with E-state index in [-0.39, 0.29) is 5.91 Å². The lowest BCUT2D eigenvalue weighted by molar-refractivity contribution is -0.154. The standard InChI is InChI=1S/C28H49NO5Si/c1-13-16-17-19-20(24(30)29(14-2)15-3)18-21(35(10,11)12)23(26(32)34-28(7,8)9)22(19)25(31)33-27(4,5)6/h18-20H,13-17H2,1-12H3/t19-,20-/m0/s1. The summed E-state index contributed by atoms with van der Waals surface area (Å²) in [7, 11) is -2.18. The number of rotatable bonds is 9. The summed E-state index contributed by atoms with van der Waals surface area (Å²) < 4.78 is 11.7. The number of nitrogens with zero attached hydrogens (tertiary/aromatic N) is 1. The molecule has 0 radical (unpaired) electrons. The van der Waals surface area contributed by atoms with Gasteiger partial charge in [0.25, 0.3) is 0 Å². The molecule has 0 aromatic rings. The van der Waals surface area contributed by atoms with E-state index in [1.165, 1.54) is 0 Å². The molecule has 7 heteroatoms. The highest BCUT2D eigenvalue weighted by atomic mass is 28.3. The van der Waals surface area contributed by atoms with Gasteiger partial charge in [-0.2, -0.15) is 0 Å². The summed E-state index contributed by atoms with van der Waals surface area (Å²) in [5, 5.41) is 0.797. The lowest BCUT2D eigenvalue weighted by Crippen LogP contribution is -2.45. The fourth-order valence-electron chi connectivity index (χ4n) is 4.39. The molecule has 0 heterocycles. The van der Waals surface area contributed by atoms with Gasteiger partial charge in [-0.25, -0.2) is 9.59 Å². The zero-order valence-electron chi connectivity index (χ0n) is 24.3. The Morgan fingerprint density at radius 1 is 0.886 bits per heavy atom. The van der Waals surface area contributed by atoms with Crippen LogP contribution in [0, 0.1) is 11.8 Å². The first-order valence-corrected chi connectivity index (χ1v) is 16.6. The minimum atomic E-state index is -2.18. The van der Waals surface area contributed by atoms with Crippen LogP contribution in [0.1, 0.15) is 81.6 Å². The predicted molar refractivity (Wildman–Crippen MR) is 145 cm³/mol. The second kappa shape index (κ2) is 11.9. The molecule has 1 aliphatic rings. The topological polar surface area (TPSA) is 72.9 Å². The SMILES string of the molecule is CCCC[C@@H]1C(C(=O)OC(C)(C)C)=C(C(=O)OC(C)(C)C)C([Si](C)(C)C)=C[C@@H]1C(=O)N(CC)CC. The maximum Gasteiger partial charge on any atom is 0.339 e. The van der Waals surface area contributed by atoms with Crippen LogP contribution in [0.2, 0.25) is 19.6 Å².